The van der Waals surface area contributed by atoms with Gasteiger partial charge < -0.3 is 4.48 Å². The third-order valence-electron chi connectivity index (χ3n) is 3.70. The largest absolute Gasteiger partial charge is 0.326 e. The highest BCUT2D eigenvalue weighted by Crippen LogP contribution is 2.17. The fourth-order valence-electron chi connectivity index (χ4n) is 2.60. The van der Waals surface area contributed by atoms with Crippen LogP contribution in [0.25, 0.3) is 0 Å². The lowest BCUT2D eigenvalue weighted by atomic mass is 10.1. The van der Waals surface area contributed by atoms with Gasteiger partial charge in [0.05, 0.1) is 26.7 Å². The van der Waals surface area contributed by atoms with Crippen molar-refractivity contribution < 1.29 is 4.48 Å². The van der Waals surface area contributed by atoms with Crippen molar-refractivity contribution in [3.05, 3.63) is 0 Å². The first kappa shape index (κ1) is 12.0. The molecule has 0 atom stereocenters. The second-order valence-corrected chi connectivity index (χ2v) is 5.27. The van der Waals surface area contributed by atoms with Crippen LogP contribution >= 0.6 is 0 Å². The number of hydrogen-bond acceptors (Lipinski definition) is 0. The second kappa shape index (κ2) is 6.44. The molecule has 0 unspecified atom stereocenters. The highest BCUT2D eigenvalue weighted by atomic mass is 15.3. The van der Waals surface area contributed by atoms with Crippen molar-refractivity contribution in [3.8, 4) is 0 Å². The number of rotatable bonds is 6. The van der Waals surface area contributed by atoms with E-state index >= 15 is 0 Å². The van der Waals surface area contributed by atoms with Crippen LogP contribution in [0.3, 0.4) is 0 Å². The van der Waals surface area contributed by atoms with Crippen molar-refractivity contribution >= 4 is 0 Å². The summed E-state index contributed by atoms with van der Waals surface area (Å²) in [6, 6.07) is 0. The SMILES string of the molecule is CCCCCCC[N+]1(C)CCCCC1. The fourth-order valence-corrected chi connectivity index (χ4v) is 2.60. The van der Waals surface area contributed by atoms with Gasteiger partial charge in [-0.25, -0.2) is 0 Å². The van der Waals surface area contributed by atoms with E-state index in [1.807, 2.05) is 0 Å². The van der Waals surface area contributed by atoms with Crippen LogP contribution < -0.4 is 0 Å². The number of nitrogens with zero attached hydrogens (tertiary/aromatic N) is 1. The Morgan fingerprint density at radius 2 is 1.50 bits per heavy atom. The maximum atomic E-state index is 2.46. The van der Waals surface area contributed by atoms with E-state index in [-0.39, 0.29) is 0 Å². The molecule has 0 aromatic carbocycles. The molecule has 1 nitrogen and oxygen atoms in total. The molecule has 1 heterocycles. The van der Waals surface area contributed by atoms with E-state index in [4.69, 9.17) is 0 Å². The monoisotopic (exact) mass is 198 g/mol. The van der Waals surface area contributed by atoms with Crippen LogP contribution in [-0.2, 0) is 0 Å². The lowest BCUT2D eigenvalue weighted by molar-refractivity contribution is -0.914. The van der Waals surface area contributed by atoms with Gasteiger partial charge in [-0.2, -0.15) is 0 Å². The Morgan fingerprint density at radius 1 is 0.857 bits per heavy atom. The molecule has 1 aliphatic rings. The average molecular weight is 198 g/mol. The molecule has 1 saturated heterocycles. The Balaban J connectivity index is 2.03. The molecular formula is C13H28N+. The van der Waals surface area contributed by atoms with Gasteiger partial charge in [-0.15, -0.1) is 0 Å². The average Bonchev–Trinajstić information content (AvgIpc) is 2.18. The van der Waals surface area contributed by atoms with Gasteiger partial charge in [-0.1, -0.05) is 26.2 Å². The van der Waals surface area contributed by atoms with Gasteiger partial charge in [0.2, 0.25) is 0 Å². The zero-order valence-electron chi connectivity index (χ0n) is 10.2. The summed E-state index contributed by atoms with van der Waals surface area (Å²) in [6.45, 7) is 6.60. The summed E-state index contributed by atoms with van der Waals surface area (Å²) in [6.07, 6.45) is 11.6. The van der Waals surface area contributed by atoms with E-state index < -0.39 is 0 Å². The summed E-state index contributed by atoms with van der Waals surface area (Å²) in [5.74, 6) is 0. The summed E-state index contributed by atoms with van der Waals surface area (Å²) >= 11 is 0. The van der Waals surface area contributed by atoms with Crippen LogP contribution in [0.15, 0.2) is 0 Å². The molecule has 0 N–H and O–H groups in total. The van der Waals surface area contributed by atoms with Gasteiger partial charge in [0.15, 0.2) is 0 Å². The van der Waals surface area contributed by atoms with Crippen LogP contribution in [-0.4, -0.2) is 31.2 Å². The van der Waals surface area contributed by atoms with Crippen LogP contribution in [0, 0.1) is 0 Å². The smallest absolute Gasteiger partial charge is 0.0784 e. The van der Waals surface area contributed by atoms with Gasteiger partial charge in [0.1, 0.15) is 0 Å². The molecule has 84 valence electrons. The molecule has 0 spiro atoms. The third kappa shape index (κ3) is 4.45. The summed E-state index contributed by atoms with van der Waals surface area (Å²) < 4.78 is 1.37. The summed E-state index contributed by atoms with van der Waals surface area (Å²) in [4.78, 5) is 0. The first-order chi connectivity index (χ1) is 6.77. The second-order valence-electron chi connectivity index (χ2n) is 5.27. The van der Waals surface area contributed by atoms with Crippen LogP contribution in [0.5, 0.6) is 0 Å². The Kier molecular flexibility index (Phi) is 5.54. The van der Waals surface area contributed by atoms with Crippen molar-refractivity contribution in [1.82, 2.24) is 0 Å². The van der Waals surface area contributed by atoms with E-state index in [2.05, 4.69) is 14.0 Å². The number of quaternary nitrogens is 1. The zero-order valence-corrected chi connectivity index (χ0v) is 10.2. The predicted molar refractivity (Wildman–Crippen MR) is 63.4 cm³/mol. The molecule has 0 aromatic rings. The molecule has 1 aliphatic heterocycles. The van der Waals surface area contributed by atoms with E-state index in [9.17, 15) is 0 Å². The molecule has 0 aliphatic carbocycles. The molecule has 1 rings (SSSR count). The number of hydrogen-bond donors (Lipinski definition) is 0. The van der Waals surface area contributed by atoms with Gasteiger partial charge in [0, 0.05) is 0 Å². The van der Waals surface area contributed by atoms with E-state index in [1.54, 1.807) is 0 Å². The topological polar surface area (TPSA) is 0 Å². The van der Waals surface area contributed by atoms with Crippen molar-refractivity contribution in [2.45, 2.75) is 58.3 Å². The predicted octanol–water partition coefficient (Wildman–Crippen LogP) is 3.59. The van der Waals surface area contributed by atoms with Crippen molar-refractivity contribution in [3.63, 3.8) is 0 Å². The Labute approximate surface area is 90.1 Å². The maximum Gasteiger partial charge on any atom is 0.0784 e. The van der Waals surface area contributed by atoms with E-state index in [0.29, 0.717) is 0 Å². The Morgan fingerprint density at radius 3 is 2.14 bits per heavy atom. The minimum Gasteiger partial charge on any atom is -0.326 e. The molecule has 0 aromatic heterocycles. The van der Waals surface area contributed by atoms with Crippen molar-refractivity contribution in [2.24, 2.45) is 0 Å². The minimum absolute atomic E-state index is 1.37. The van der Waals surface area contributed by atoms with E-state index in [0.717, 1.165) is 0 Å². The molecule has 0 radical (unpaired) electrons. The van der Waals surface area contributed by atoms with E-state index in [1.165, 1.54) is 75.5 Å². The molecule has 0 saturated carbocycles. The highest BCUT2D eigenvalue weighted by Gasteiger charge is 2.23. The zero-order chi connectivity index (χ0) is 10.3. The highest BCUT2D eigenvalue weighted by molar-refractivity contribution is 4.52. The standard InChI is InChI=1S/C13H28N/c1-3-4-5-6-8-11-14(2)12-9-7-10-13-14/h3-13H2,1-2H3/q+1. The molecule has 0 bridgehead atoms. The summed E-state index contributed by atoms with van der Waals surface area (Å²) in [5, 5.41) is 0. The lowest BCUT2D eigenvalue weighted by Gasteiger charge is -2.37. The summed E-state index contributed by atoms with van der Waals surface area (Å²) in [5.41, 5.74) is 0. The molecule has 0 amide bonds. The first-order valence-electron chi connectivity index (χ1n) is 6.60. The molecule has 14 heavy (non-hydrogen) atoms. The maximum absolute atomic E-state index is 2.46. The minimum atomic E-state index is 1.37. The number of unbranched alkanes of at least 4 members (excludes halogenated alkanes) is 4. The lowest BCUT2D eigenvalue weighted by Crippen LogP contribution is -2.48. The molecule has 1 fully saturated rings. The summed E-state index contributed by atoms with van der Waals surface area (Å²) in [7, 11) is 2.46. The molecular weight excluding hydrogens is 170 g/mol. The normalized spacial score (nSPS) is 21.0. The van der Waals surface area contributed by atoms with Gasteiger partial charge >= 0.3 is 0 Å². The van der Waals surface area contributed by atoms with Crippen molar-refractivity contribution in [2.75, 3.05) is 26.7 Å². The number of likely N-dealkylation sites (tertiary alicyclic amines) is 1. The first-order valence-corrected chi connectivity index (χ1v) is 6.60. The van der Waals surface area contributed by atoms with Gasteiger partial charge in [-0.3, -0.25) is 0 Å². The Bertz CT molecular complexity index is 136. The third-order valence-corrected chi connectivity index (χ3v) is 3.70. The fraction of sp³-hybridized carbons (Fsp3) is 1.00. The quantitative estimate of drug-likeness (QED) is 0.452. The van der Waals surface area contributed by atoms with Gasteiger partial charge in [0.25, 0.3) is 0 Å². The van der Waals surface area contributed by atoms with Crippen molar-refractivity contribution in [1.29, 1.82) is 0 Å². The number of piperidine rings is 1. The van der Waals surface area contributed by atoms with Gasteiger partial charge in [-0.05, 0) is 32.1 Å². The van der Waals surface area contributed by atoms with Crippen LogP contribution in [0.2, 0.25) is 0 Å². The van der Waals surface area contributed by atoms with Crippen LogP contribution in [0.1, 0.15) is 58.3 Å². The molecule has 1 heteroatoms. The Hall–Kier alpha value is -0.0400. The van der Waals surface area contributed by atoms with Crippen LogP contribution in [0.4, 0.5) is 0 Å².